The van der Waals surface area contributed by atoms with Gasteiger partial charge in [-0.25, -0.2) is 4.98 Å². The van der Waals surface area contributed by atoms with Gasteiger partial charge in [-0.05, 0) is 39.2 Å². The van der Waals surface area contributed by atoms with Gasteiger partial charge < -0.3 is 20.7 Å². The highest BCUT2D eigenvalue weighted by molar-refractivity contribution is 5.66. The third kappa shape index (κ3) is 4.20. The Morgan fingerprint density at radius 3 is 2.95 bits per heavy atom. The number of rotatable bonds is 7. The lowest BCUT2D eigenvalue weighted by Crippen LogP contribution is -2.29. The Hall–Kier alpha value is -1.56. The van der Waals surface area contributed by atoms with Crippen molar-refractivity contribution < 1.29 is 4.74 Å². The van der Waals surface area contributed by atoms with Gasteiger partial charge in [0.25, 0.3) is 0 Å². The van der Waals surface area contributed by atoms with Crippen LogP contribution >= 0.6 is 0 Å². The molecule has 0 saturated carbocycles. The van der Waals surface area contributed by atoms with Crippen molar-refractivity contribution >= 4 is 11.5 Å². The van der Waals surface area contributed by atoms with Crippen LogP contribution < -0.4 is 15.8 Å². The lowest BCUT2D eigenvalue weighted by atomic mass is 10.1. The number of nitrogens with one attached hydrogen (secondary N) is 1. The number of nitrogen functional groups attached to an aromatic ring is 1. The van der Waals surface area contributed by atoms with Gasteiger partial charge in [-0.15, -0.1) is 0 Å². The van der Waals surface area contributed by atoms with E-state index in [1.165, 1.54) is 19.3 Å². The molecule has 2 rings (SSSR count). The van der Waals surface area contributed by atoms with E-state index in [2.05, 4.69) is 41.0 Å². The molecule has 6 nitrogen and oxygen atoms in total. The van der Waals surface area contributed by atoms with Crippen LogP contribution in [0.3, 0.4) is 0 Å². The van der Waals surface area contributed by atoms with E-state index in [0.717, 1.165) is 19.5 Å². The molecule has 1 unspecified atom stereocenters. The number of anilines is 2. The Bertz CT molecular complexity index is 452. The summed E-state index contributed by atoms with van der Waals surface area (Å²) in [5.41, 5.74) is 6.57. The van der Waals surface area contributed by atoms with Crippen LogP contribution in [-0.4, -0.2) is 47.2 Å². The van der Waals surface area contributed by atoms with E-state index in [-0.39, 0.29) is 0 Å². The van der Waals surface area contributed by atoms with Crippen LogP contribution in [-0.2, 0) is 0 Å². The fourth-order valence-electron chi connectivity index (χ4n) is 2.57. The summed E-state index contributed by atoms with van der Waals surface area (Å²) in [5, 5.41) is 3.35. The van der Waals surface area contributed by atoms with Crippen molar-refractivity contribution in [2.24, 2.45) is 5.92 Å². The Morgan fingerprint density at radius 2 is 2.29 bits per heavy atom. The summed E-state index contributed by atoms with van der Waals surface area (Å²) >= 11 is 0. The molecule has 1 atom stereocenters. The molecular formula is C15H27N5O. The highest BCUT2D eigenvalue weighted by Crippen LogP contribution is 2.26. The van der Waals surface area contributed by atoms with Crippen molar-refractivity contribution in [1.29, 1.82) is 0 Å². The fraction of sp³-hybridized carbons (Fsp3) is 0.733. The van der Waals surface area contributed by atoms with Crippen LogP contribution in [0.4, 0.5) is 11.5 Å². The number of hydrogen-bond donors (Lipinski definition) is 2. The summed E-state index contributed by atoms with van der Waals surface area (Å²) in [7, 11) is 0. The van der Waals surface area contributed by atoms with Crippen LogP contribution in [0.25, 0.3) is 0 Å². The average Bonchev–Trinajstić information content (AvgIpc) is 2.94. The average molecular weight is 293 g/mol. The van der Waals surface area contributed by atoms with Crippen molar-refractivity contribution in [2.45, 2.75) is 39.7 Å². The third-order valence-corrected chi connectivity index (χ3v) is 3.90. The van der Waals surface area contributed by atoms with E-state index in [1.54, 1.807) is 0 Å². The first-order valence-corrected chi connectivity index (χ1v) is 7.83. The van der Waals surface area contributed by atoms with Gasteiger partial charge in [0.1, 0.15) is 12.0 Å². The molecule has 6 heteroatoms. The minimum atomic E-state index is 0.476. The molecule has 21 heavy (non-hydrogen) atoms. The van der Waals surface area contributed by atoms with Crippen molar-refractivity contribution in [3.63, 3.8) is 0 Å². The maximum absolute atomic E-state index is 6.06. The SMILES string of the molecule is CCCOc1ncnc(NCC2CCN(C(C)C)C2)c1N. The number of likely N-dealkylation sites (tertiary alicyclic amines) is 1. The predicted octanol–water partition coefficient (Wildman–Crippen LogP) is 1.99. The zero-order valence-corrected chi connectivity index (χ0v) is 13.3. The van der Waals surface area contributed by atoms with Crippen molar-refractivity contribution in [1.82, 2.24) is 14.9 Å². The number of ether oxygens (including phenoxy) is 1. The minimum Gasteiger partial charge on any atom is -0.476 e. The van der Waals surface area contributed by atoms with Gasteiger partial charge in [-0.2, -0.15) is 4.98 Å². The maximum Gasteiger partial charge on any atom is 0.242 e. The Kier molecular flexibility index (Phi) is 5.61. The lowest BCUT2D eigenvalue weighted by molar-refractivity contribution is 0.266. The summed E-state index contributed by atoms with van der Waals surface area (Å²) in [4.78, 5) is 10.8. The van der Waals surface area contributed by atoms with Crippen molar-refractivity contribution in [3.05, 3.63) is 6.33 Å². The summed E-state index contributed by atoms with van der Waals surface area (Å²) in [6, 6.07) is 0.619. The largest absolute Gasteiger partial charge is 0.476 e. The van der Waals surface area contributed by atoms with Crippen LogP contribution in [0, 0.1) is 5.92 Å². The quantitative estimate of drug-likeness (QED) is 0.800. The minimum absolute atomic E-state index is 0.476. The summed E-state index contributed by atoms with van der Waals surface area (Å²) in [5.74, 6) is 1.80. The van der Waals surface area contributed by atoms with Gasteiger partial charge in [0, 0.05) is 19.1 Å². The first kappa shape index (κ1) is 15.8. The molecule has 1 aromatic heterocycles. The molecule has 1 fully saturated rings. The van der Waals surface area contributed by atoms with Gasteiger partial charge in [0.2, 0.25) is 5.88 Å². The van der Waals surface area contributed by atoms with E-state index in [9.17, 15) is 0 Å². The Morgan fingerprint density at radius 1 is 1.48 bits per heavy atom. The molecule has 3 N–H and O–H groups in total. The maximum atomic E-state index is 6.06. The summed E-state index contributed by atoms with van der Waals surface area (Å²) in [6.45, 7) is 10.4. The van der Waals surface area contributed by atoms with E-state index < -0.39 is 0 Å². The molecule has 0 spiro atoms. The molecule has 1 aliphatic rings. The summed E-state index contributed by atoms with van der Waals surface area (Å²) in [6.07, 6.45) is 3.65. The molecule has 1 aliphatic heterocycles. The van der Waals surface area contributed by atoms with E-state index >= 15 is 0 Å². The van der Waals surface area contributed by atoms with E-state index in [1.807, 2.05) is 0 Å². The smallest absolute Gasteiger partial charge is 0.242 e. The predicted molar refractivity (Wildman–Crippen MR) is 85.5 cm³/mol. The topological polar surface area (TPSA) is 76.3 Å². The second-order valence-corrected chi connectivity index (χ2v) is 5.91. The van der Waals surface area contributed by atoms with Crippen molar-refractivity contribution in [2.75, 3.05) is 37.3 Å². The van der Waals surface area contributed by atoms with Gasteiger partial charge in [0.05, 0.1) is 6.61 Å². The molecule has 1 aromatic rings. The zero-order chi connectivity index (χ0) is 15.2. The third-order valence-electron chi connectivity index (χ3n) is 3.90. The van der Waals surface area contributed by atoms with Gasteiger partial charge >= 0.3 is 0 Å². The van der Waals surface area contributed by atoms with Gasteiger partial charge in [0.15, 0.2) is 5.82 Å². The summed E-state index contributed by atoms with van der Waals surface area (Å²) < 4.78 is 5.52. The molecular weight excluding hydrogens is 266 g/mol. The second-order valence-electron chi connectivity index (χ2n) is 5.91. The molecule has 0 bridgehead atoms. The fourth-order valence-corrected chi connectivity index (χ4v) is 2.57. The molecule has 0 amide bonds. The number of nitrogens with two attached hydrogens (primary N) is 1. The highest BCUT2D eigenvalue weighted by Gasteiger charge is 2.24. The van der Waals surface area contributed by atoms with E-state index in [4.69, 9.17) is 10.5 Å². The van der Waals surface area contributed by atoms with Gasteiger partial charge in [-0.3, -0.25) is 0 Å². The molecule has 118 valence electrons. The Labute approximate surface area is 127 Å². The number of nitrogens with zero attached hydrogens (tertiary/aromatic N) is 3. The first-order valence-electron chi connectivity index (χ1n) is 7.83. The van der Waals surface area contributed by atoms with E-state index in [0.29, 0.717) is 36.0 Å². The van der Waals surface area contributed by atoms with Crippen LogP contribution in [0.1, 0.15) is 33.6 Å². The van der Waals surface area contributed by atoms with Crippen LogP contribution in [0.15, 0.2) is 6.33 Å². The Balaban J connectivity index is 1.89. The highest BCUT2D eigenvalue weighted by atomic mass is 16.5. The molecule has 1 saturated heterocycles. The molecule has 0 aromatic carbocycles. The number of hydrogen-bond acceptors (Lipinski definition) is 6. The standard InChI is InChI=1S/C15H27N5O/c1-4-7-21-15-13(16)14(18-10-19-15)17-8-12-5-6-20(9-12)11(2)3/h10-12H,4-9,16H2,1-3H3,(H,17,18,19). The molecule has 0 aliphatic carbocycles. The first-order chi connectivity index (χ1) is 10.1. The molecule has 0 radical (unpaired) electrons. The number of aromatic nitrogens is 2. The van der Waals surface area contributed by atoms with Crippen LogP contribution in [0.2, 0.25) is 0 Å². The van der Waals surface area contributed by atoms with Crippen molar-refractivity contribution in [3.8, 4) is 5.88 Å². The monoisotopic (exact) mass is 293 g/mol. The van der Waals surface area contributed by atoms with Crippen LogP contribution in [0.5, 0.6) is 5.88 Å². The zero-order valence-electron chi connectivity index (χ0n) is 13.3. The normalized spacial score (nSPS) is 19.1. The second kappa shape index (κ2) is 7.45. The lowest BCUT2D eigenvalue weighted by Gasteiger charge is -2.20. The molecule has 2 heterocycles. The van der Waals surface area contributed by atoms with Gasteiger partial charge in [-0.1, -0.05) is 6.92 Å².